The summed E-state index contributed by atoms with van der Waals surface area (Å²) < 4.78 is 1.51. The number of carbonyl (C=O) groups is 1. The van der Waals surface area contributed by atoms with Gasteiger partial charge in [0.2, 0.25) is 5.16 Å². The molecule has 3 rings (SSSR count). The fraction of sp³-hybridized carbons (Fsp3) is 0.0588. The van der Waals surface area contributed by atoms with Crippen molar-refractivity contribution in [1.29, 1.82) is 0 Å². The van der Waals surface area contributed by atoms with Crippen LogP contribution in [0.25, 0.3) is 0 Å². The Hall–Kier alpha value is -2.93. The highest BCUT2D eigenvalue weighted by Gasteiger charge is 2.05. The second-order valence-corrected chi connectivity index (χ2v) is 5.79. The molecule has 0 spiro atoms. The highest BCUT2D eigenvalue weighted by molar-refractivity contribution is 7.98. The Morgan fingerprint density at radius 3 is 2.71 bits per heavy atom. The summed E-state index contributed by atoms with van der Waals surface area (Å²) in [6.45, 7) is 0. The Balaban J connectivity index is 1.75. The molecule has 0 N–H and O–H groups in total. The highest BCUT2D eigenvalue weighted by atomic mass is 32.2. The third kappa shape index (κ3) is 3.88. The van der Waals surface area contributed by atoms with Crippen molar-refractivity contribution >= 4 is 23.9 Å². The number of rotatable bonds is 6. The monoisotopic (exact) mass is 337 g/mol. The normalized spacial score (nSPS) is 11.0. The Kier molecular flexibility index (Phi) is 5.02. The van der Waals surface area contributed by atoms with Crippen LogP contribution in [0.15, 0.2) is 71.2 Å². The number of carboxylic acids is 1. The quantitative estimate of drug-likeness (QED) is 0.506. The summed E-state index contributed by atoms with van der Waals surface area (Å²) >= 11 is 1.50. The second kappa shape index (κ2) is 7.56. The highest BCUT2D eigenvalue weighted by Crippen LogP contribution is 2.20. The average Bonchev–Trinajstić information content (AvgIpc) is 3.06. The van der Waals surface area contributed by atoms with Crippen LogP contribution in [-0.2, 0) is 5.75 Å². The Labute approximate surface area is 142 Å². The molecule has 1 aromatic heterocycles. The predicted molar refractivity (Wildman–Crippen MR) is 89.8 cm³/mol. The number of carbonyl (C=O) groups excluding carboxylic acids is 1. The predicted octanol–water partition coefficient (Wildman–Crippen LogP) is 1.82. The number of aromatic carboxylic acids is 1. The first-order chi connectivity index (χ1) is 11.7. The molecule has 0 atom stereocenters. The van der Waals surface area contributed by atoms with Gasteiger partial charge in [0.05, 0.1) is 12.2 Å². The van der Waals surface area contributed by atoms with Crippen molar-refractivity contribution in [2.45, 2.75) is 10.9 Å². The summed E-state index contributed by atoms with van der Waals surface area (Å²) in [7, 11) is 0. The van der Waals surface area contributed by atoms with Crippen LogP contribution < -0.4 is 5.11 Å². The zero-order valence-corrected chi connectivity index (χ0v) is 13.4. The Bertz CT molecular complexity index is 862. The molecule has 0 bridgehead atoms. The number of hydrogen-bond donors (Lipinski definition) is 0. The lowest BCUT2D eigenvalue weighted by Gasteiger charge is -2.06. The van der Waals surface area contributed by atoms with Crippen LogP contribution >= 0.6 is 11.8 Å². The molecule has 3 aromatic rings. The van der Waals surface area contributed by atoms with Crippen molar-refractivity contribution in [3.63, 3.8) is 0 Å². The molecule has 1 heterocycles. The zero-order valence-electron chi connectivity index (χ0n) is 12.6. The molecular formula is C17H13N4O2S-. The number of carboxylic acid groups (broad SMARTS) is 1. The molecule has 7 heteroatoms. The lowest BCUT2D eigenvalue weighted by Crippen LogP contribution is -2.23. The van der Waals surface area contributed by atoms with Crippen molar-refractivity contribution in [2.75, 3.05) is 0 Å². The minimum atomic E-state index is -1.24. The van der Waals surface area contributed by atoms with Gasteiger partial charge in [-0.05, 0) is 5.56 Å². The third-order valence-corrected chi connectivity index (χ3v) is 4.22. The van der Waals surface area contributed by atoms with E-state index in [2.05, 4.69) is 15.3 Å². The van der Waals surface area contributed by atoms with Gasteiger partial charge in [-0.15, -0.1) is 10.2 Å². The van der Waals surface area contributed by atoms with Gasteiger partial charge in [0, 0.05) is 16.9 Å². The van der Waals surface area contributed by atoms with Crippen LogP contribution in [0.2, 0.25) is 0 Å². The summed E-state index contributed by atoms with van der Waals surface area (Å²) in [4.78, 5) is 11.1. The molecule has 0 saturated heterocycles. The largest absolute Gasteiger partial charge is 0.545 e. The van der Waals surface area contributed by atoms with Crippen molar-refractivity contribution in [2.24, 2.45) is 5.10 Å². The molecule has 2 aromatic carbocycles. The molecule has 24 heavy (non-hydrogen) atoms. The van der Waals surface area contributed by atoms with E-state index in [0.29, 0.717) is 10.7 Å². The van der Waals surface area contributed by atoms with Crippen molar-refractivity contribution in [1.82, 2.24) is 14.9 Å². The number of aromatic nitrogens is 3. The smallest absolute Gasteiger partial charge is 0.212 e. The third-order valence-electron chi connectivity index (χ3n) is 3.21. The second-order valence-electron chi connectivity index (χ2n) is 4.85. The standard InChI is InChI=1S/C17H14N4O2S/c22-16(23)15-9-5-4-8-14(15)10-19-21-12-18-20-17(21)24-11-13-6-2-1-3-7-13/h1-10,12H,11H2,(H,22,23)/p-1/b19-10-. The summed E-state index contributed by atoms with van der Waals surface area (Å²) in [5, 5.41) is 23.9. The van der Waals surface area contributed by atoms with Gasteiger partial charge in [-0.25, -0.2) is 0 Å². The SMILES string of the molecule is O=C([O-])c1ccccc1/C=N\n1cnnc1SCc1ccccc1. The first-order valence-corrected chi connectivity index (χ1v) is 8.14. The van der Waals surface area contributed by atoms with Crippen LogP contribution in [0.1, 0.15) is 21.5 Å². The number of benzene rings is 2. The van der Waals surface area contributed by atoms with Crippen molar-refractivity contribution in [3.05, 3.63) is 77.6 Å². The maximum absolute atomic E-state index is 11.1. The van der Waals surface area contributed by atoms with Crippen LogP contribution in [0.3, 0.4) is 0 Å². The summed E-state index contributed by atoms with van der Waals surface area (Å²) in [5.74, 6) is -0.496. The molecule has 0 radical (unpaired) electrons. The van der Waals surface area contributed by atoms with Gasteiger partial charge in [-0.3, -0.25) is 0 Å². The fourth-order valence-corrected chi connectivity index (χ4v) is 2.86. The molecule has 0 amide bonds. The van der Waals surface area contributed by atoms with E-state index in [4.69, 9.17) is 0 Å². The molecule has 6 nitrogen and oxygen atoms in total. The molecule has 0 unspecified atom stereocenters. The van der Waals surface area contributed by atoms with Gasteiger partial charge in [0.1, 0.15) is 6.33 Å². The maximum Gasteiger partial charge on any atom is 0.212 e. The van der Waals surface area contributed by atoms with E-state index in [1.54, 1.807) is 18.2 Å². The first kappa shape index (κ1) is 15.9. The van der Waals surface area contributed by atoms with E-state index in [1.165, 1.54) is 40.6 Å². The molecular weight excluding hydrogens is 324 g/mol. The van der Waals surface area contributed by atoms with E-state index < -0.39 is 5.97 Å². The van der Waals surface area contributed by atoms with Crippen molar-refractivity contribution in [3.8, 4) is 0 Å². The minimum Gasteiger partial charge on any atom is -0.545 e. The van der Waals surface area contributed by atoms with Crippen LogP contribution in [0.4, 0.5) is 0 Å². The molecule has 120 valence electrons. The number of hydrogen-bond acceptors (Lipinski definition) is 6. The van der Waals surface area contributed by atoms with Gasteiger partial charge < -0.3 is 9.90 Å². The Morgan fingerprint density at radius 1 is 1.17 bits per heavy atom. The average molecular weight is 337 g/mol. The summed E-state index contributed by atoms with van der Waals surface area (Å²) in [5.41, 5.74) is 1.72. The molecule has 0 aliphatic rings. The Morgan fingerprint density at radius 2 is 1.92 bits per heavy atom. The van der Waals surface area contributed by atoms with E-state index in [-0.39, 0.29) is 5.56 Å². The molecule has 0 aliphatic heterocycles. The van der Waals surface area contributed by atoms with Gasteiger partial charge in [-0.1, -0.05) is 66.4 Å². The first-order valence-electron chi connectivity index (χ1n) is 7.15. The maximum atomic E-state index is 11.1. The van der Waals surface area contributed by atoms with Crippen LogP contribution in [0.5, 0.6) is 0 Å². The summed E-state index contributed by atoms with van der Waals surface area (Å²) in [6.07, 6.45) is 2.94. The topological polar surface area (TPSA) is 83.2 Å². The van der Waals surface area contributed by atoms with Crippen LogP contribution in [-0.4, -0.2) is 27.1 Å². The van der Waals surface area contributed by atoms with E-state index in [9.17, 15) is 9.90 Å². The minimum absolute atomic E-state index is 0.0906. The van der Waals surface area contributed by atoms with E-state index >= 15 is 0 Å². The van der Waals surface area contributed by atoms with Crippen LogP contribution in [0, 0.1) is 0 Å². The molecule has 0 aliphatic carbocycles. The lowest BCUT2D eigenvalue weighted by molar-refractivity contribution is -0.255. The van der Waals surface area contributed by atoms with E-state index in [1.807, 2.05) is 30.3 Å². The van der Waals surface area contributed by atoms with Gasteiger partial charge in [0.25, 0.3) is 0 Å². The van der Waals surface area contributed by atoms with Crippen molar-refractivity contribution < 1.29 is 9.90 Å². The van der Waals surface area contributed by atoms with Gasteiger partial charge in [0.15, 0.2) is 0 Å². The van der Waals surface area contributed by atoms with Gasteiger partial charge >= 0.3 is 0 Å². The number of thioether (sulfide) groups is 1. The lowest BCUT2D eigenvalue weighted by atomic mass is 10.1. The molecule has 0 fully saturated rings. The summed E-state index contributed by atoms with van der Waals surface area (Å²) in [6, 6.07) is 16.5. The van der Waals surface area contributed by atoms with Gasteiger partial charge in [-0.2, -0.15) is 9.78 Å². The number of nitrogens with zero attached hydrogens (tertiary/aromatic N) is 4. The fourth-order valence-electron chi connectivity index (χ4n) is 2.04. The molecule has 0 saturated carbocycles. The zero-order chi connectivity index (χ0) is 16.8. The van der Waals surface area contributed by atoms with E-state index in [0.717, 1.165) is 5.75 Å².